The standard InChI is InChI=1S/C13H19FN2/c1-10-7-12(3-4-13(10)14)9-16-6-5-15-11(2)8-16/h3-4,7,11,15H,5-6,8-9H2,1-2H3. The maximum Gasteiger partial charge on any atom is 0.126 e. The SMILES string of the molecule is Cc1cc(CN2CCNC(C)C2)ccc1F. The van der Waals surface area contributed by atoms with E-state index >= 15 is 0 Å². The fraction of sp³-hybridized carbons (Fsp3) is 0.538. The Kier molecular flexibility index (Phi) is 3.56. The van der Waals surface area contributed by atoms with Crippen LogP contribution in [0.3, 0.4) is 0 Å². The lowest BCUT2D eigenvalue weighted by atomic mass is 10.1. The Morgan fingerprint density at radius 1 is 1.50 bits per heavy atom. The summed E-state index contributed by atoms with van der Waals surface area (Å²) < 4.78 is 13.1. The van der Waals surface area contributed by atoms with E-state index in [4.69, 9.17) is 0 Å². The van der Waals surface area contributed by atoms with Gasteiger partial charge in [-0.2, -0.15) is 0 Å². The van der Waals surface area contributed by atoms with Crippen molar-refractivity contribution >= 4 is 0 Å². The van der Waals surface area contributed by atoms with E-state index in [1.165, 1.54) is 5.56 Å². The van der Waals surface area contributed by atoms with Crippen molar-refractivity contribution in [2.75, 3.05) is 19.6 Å². The lowest BCUT2D eigenvalue weighted by Gasteiger charge is -2.31. The number of hydrogen-bond donors (Lipinski definition) is 1. The molecule has 1 heterocycles. The second kappa shape index (κ2) is 4.93. The average Bonchev–Trinajstić information content (AvgIpc) is 2.24. The van der Waals surface area contributed by atoms with Crippen LogP contribution in [0.4, 0.5) is 4.39 Å². The highest BCUT2D eigenvalue weighted by Crippen LogP contribution is 2.12. The van der Waals surface area contributed by atoms with Crippen LogP contribution >= 0.6 is 0 Å². The maximum absolute atomic E-state index is 13.1. The molecule has 88 valence electrons. The summed E-state index contributed by atoms with van der Waals surface area (Å²) in [6, 6.07) is 5.95. The fourth-order valence-electron chi connectivity index (χ4n) is 2.22. The molecule has 1 N–H and O–H groups in total. The molecule has 0 bridgehead atoms. The van der Waals surface area contributed by atoms with Crippen molar-refractivity contribution in [3.05, 3.63) is 35.1 Å². The van der Waals surface area contributed by atoms with Crippen molar-refractivity contribution in [1.29, 1.82) is 0 Å². The number of benzene rings is 1. The van der Waals surface area contributed by atoms with Gasteiger partial charge in [0, 0.05) is 32.2 Å². The molecule has 0 radical (unpaired) electrons. The van der Waals surface area contributed by atoms with E-state index in [-0.39, 0.29) is 5.82 Å². The van der Waals surface area contributed by atoms with Gasteiger partial charge in [0.25, 0.3) is 0 Å². The van der Waals surface area contributed by atoms with Crippen molar-refractivity contribution in [1.82, 2.24) is 10.2 Å². The van der Waals surface area contributed by atoms with Gasteiger partial charge in [0.1, 0.15) is 5.82 Å². The first-order valence-corrected chi connectivity index (χ1v) is 5.86. The van der Waals surface area contributed by atoms with Gasteiger partial charge in [0.15, 0.2) is 0 Å². The summed E-state index contributed by atoms with van der Waals surface area (Å²) in [6.45, 7) is 8.12. The zero-order chi connectivity index (χ0) is 11.5. The summed E-state index contributed by atoms with van der Waals surface area (Å²) >= 11 is 0. The Morgan fingerprint density at radius 2 is 2.31 bits per heavy atom. The highest BCUT2D eigenvalue weighted by atomic mass is 19.1. The van der Waals surface area contributed by atoms with Gasteiger partial charge in [-0.1, -0.05) is 12.1 Å². The minimum Gasteiger partial charge on any atom is -0.312 e. The summed E-state index contributed by atoms with van der Waals surface area (Å²) in [4.78, 5) is 2.41. The van der Waals surface area contributed by atoms with Crippen LogP contribution in [0.5, 0.6) is 0 Å². The number of aryl methyl sites for hydroxylation is 1. The molecule has 1 saturated heterocycles. The predicted molar refractivity (Wildman–Crippen MR) is 63.9 cm³/mol. The summed E-state index contributed by atoms with van der Waals surface area (Å²) in [7, 11) is 0. The van der Waals surface area contributed by atoms with Crippen LogP contribution in [-0.2, 0) is 6.54 Å². The second-order valence-corrected chi connectivity index (χ2v) is 4.67. The van der Waals surface area contributed by atoms with Gasteiger partial charge < -0.3 is 5.32 Å². The van der Waals surface area contributed by atoms with Crippen LogP contribution in [0.1, 0.15) is 18.1 Å². The van der Waals surface area contributed by atoms with Gasteiger partial charge in [0.05, 0.1) is 0 Å². The van der Waals surface area contributed by atoms with E-state index < -0.39 is 0 Å². The van der Waals surface area contributed by atoms with Crippen LogP contribution in [0.25, 0.3) is 0 Å². The third-order valence-corrected chi connectivity index (χ3v) is 3.08. The number of nitrogens with zero attached hydrogens (tertiary/aromatic N) is 1. The molecule has 1 aliphatic rings. The second-order valence-electron chi connectivity index (χ2n) is 4.67. The topological polar surface area (TPSA) is 15.3 Å². The third kappa shape index (κ3) is 2.80. The Morgan fingerprint density at radius 3 is 3.00 bits per heavy atom. The van der Waals surface area contributed by atoms with Crippen molar-refractivity contribution < 1.29 is 4.39 Å². The molecule has 1 aromatic carbocycles. The van der Waals surface area contributed by atoms with Crippen LogP contribution in [-0.4, -0.2) is 30.6 Å². The first kappa shape index (κ1) is 11.6. The molecule has 1 unspecified atom stereocenters. The summed E-state index contributed by atoms with van der Waals surface area (Å²) in [5.41, 5.74) is 1.94. The van der Waals surface area contributed by atoms with E-state index in [9.17, 15) is 4.39 Å². The van der Waals surface area contributed by atoms with Crippen LogP contribution in [0.2, 0.25) is 0 Å². The van der Waals surface area contributed by atoms with E-state index in [1.807, 2.05) is 19.1 Å². The van der Waals surface area contributed by atoms with E-state index in [1.54, 1.807) is 6.07 Å². The lowest BCUT2D eigenvalue weighted by molar-refractivity contribution is 0.199. The average molecular weight is 222 g/mol. The monoisotopic (exact) mass is 222 g/mol. The summed E-state index contributed by atoms with van der Waals surface area (Å²) in [5, 5.41) is 3.42. The van der Waals surface area contributed by atoms with Gasteiger partial charge in [-0.3, -0.25) is 4.90 Å². The van der Waals surface area contributed by atoms with Gasteiger partial charge >= 0.3 is 0 Å². The Hall–Kier alpha value is -0.930. The molecule has 0 saturated carbocycles. The lowest BCUT2D eigenvalue weighted by Crippen LogP contribution is -2.48. The molecule has 2 nitrogen and oxygen atoms in total. The van der Waals surface area contributed by atoms with Crippen molar-refractivity contribution in [2.24, 2.45) is 0 Å². The number of piperazine rings is 1. The van der Waals surface area contributed by atoms with E-state index in [0.29, 0.717) is 6.04 Å². The predicted octanol–water partition coefficient (Wildman–Crippen LogP) is 1.93. The molecule has 1 fully saturated rings. The molecular weight excluding hydrogens is 203 g/mol. The largest absolute Gasteiger partial charge is 0.312 e. The Balaban J connectivity index is 2.00. The highest BCUT2D eigenvalue weighted by molar-refractivity contribution is 5.23. The smallest absolute Gasteiger partial charge is 0.126 e. The number of nitrogens with one attached hydrogen (secondary N) is 1. The van der Waals surface area contributed by atoms with E-state index in [2.05, 4.69) is 17.1 Å². The first-order chi connectivity index (χ1) is 7.65. The molecule has 1 aliphatic heterocycles. The molecule has 0 amide bonds. The van der Waals surface area contributed by atoms with Crippen LogP contribution < -0.4 is 5.32 Å². The first-order valence-electron chi connectivity index (χ1n) is 5.86. The zero-order valence-corrected chi connectivity index (χ0v) is 9.96. The van der Waals surface area contributed by atoms with Crippen molar-refractivity contribution in [3.63, 3.8) is 0 Å². The van der Waals surface area contributed by atoms with Crippen LogP contribution in [0.15, 0.2) is 18.2 Å². The highest BCUT2D eigenvalue weighted by Gasteiger charge is 2.15. The number of halogens is 1. The Bertz CT molecular complexity index is 365. The van der Waals surface area contributed by atoms with Gasteiger partial charge in [0.2, 0.25) is 0 Å². The normalized spacial score (nSPS) is 22.3. The Labute approximate surface area is 96.5 Å². The molecule has 16 heavy (non-hydrogen) atoms. The maximum atomic E-state index is 13.1. The van der Waals surface area contributed by atoms with Gasteiger partial charge in [-0.05, 0) is 31.0 Å². The number of rotatable bonds is 2. The molecule has 2 rings (SSSR count). The molecule has 1 aromatic rings. The van der Waals surface area contributed by atoms with Crippen molar-refractivity contribution in [3.8, 4) is 0 Å². The molecule has 0 aliphatic carbocycles. The third-order valence-electron chi connectivity index (χ3n) is 3.08. The minimum atomic E-state index is -0.113. The molecule has 1 atom stereocenters. The van der Waals surface area contributed by atoms with Crippen LogP contribution in [0, 0.1) is 12.7 Å². The van der Waals surface area contributed by atoms with Crippen molar-refractivity contribution in [2.45, 2.75) is 26.4 Å². The number of hydrogen-bond acceptors (Lipinski definition) is 2. The fourth-order valence-corrected chi connectivity index (χ4v) is 2.22. The van der Waals surface area contributed by atoms with E-state index in [0.717, 1.165) is 31.7 Å². The molecule has 3 heteroatoms. The summed E-state index contributed by atoms with van der Waals surface area (Å²) in [6.07, 6.45) is 0. The summed E-state index contributed by atoms with van der Waals surface area (Å²) in [5.74, 6) is -0.113. The molecule has 0 spiro atoms. The minimum absolute atomic E-state index is 0.113. The molecule has 0 aromatic heterocycles. The zero-order valence-electron chi connectivity index (χ0n) is 9.96. The molecular formula is C13H19FN2. The van der Waals surface area contributed by atoms with Gasteiger partial charge in [-0.25, -0.2) is 4.39 Å². The quantitative estimate of drug-likeness (QED) is 0.822. The van der Waals surface area contributed by atoms with Gasteiger partial charge in [-0.15, -0.1) is 0 Å².